The van der Waals surface area contributed by atoms with Gasteiger partial charge in [0.15, 0.2) is 0 Å². The van der Waals surface area contributed by atoms with Crippen LogP contribution in [0, 0.1) is 11.8 Å². The second-order valence-corrected chi connectivity index (χ2v) is 7.63. The summed E-state index contributed by atoms with van der Waals surface area (Å²) in [5.74, 6) is -4.34. The highest BCUT2D eigenvalue weighted by Crippen LogP contribution is 2.07. The van der Waals surface area contributed by atoms with E-state index in [1.165, 1.54) is 6.92 Å². The standard InChI is InChI=1S/C18H33N5O6/c1-8(2)13(20)16(26)23-14(9(3)4)17(27)22-11(6-7-12(19)24)15(25)21-10(5)18(28)29/h8-11,13-14H,6-7,20H2,1-5H3,(H2,19,24)(H,21,25)(H,22,27)(H,23,26)(H,28,29)/t10-,11-,13-,14-/m0/s1. The topological polar surface area (TPSA) is 194 Å². The molecule has 0 aromatic heterocycles. The SMILES string of the molecule is CC(C)[C@H](N)C(=O)N[C@H](C(=O)N[C@@H](CCC(N)=O)C(=O)N[C@@H](C)C(=O)O)C(C)C. The molecule has 0 fully saturated rings. The Balaban J connectivity index is 5.34. The maximum atomic E-state index is 12.7. The monoisotopic (exact) mass is 415 g/mol. The first-order valence-electron chi connectivity index (χ1n) is 9.45. The van der Waals surface area contributed by atoms with Gasteiger partial charge in [0, 0.05) is 6.42 Å². The van der Waals surface area contributed by atoms with Gasteiger partial charge in [-0.25, -0.2) is 0 Å². The van der Waals surface area contributed by atoms with E-state index in [4.69, 9.17) is 16.6 Å². The highest BCUT2D eigenvalue weighted by atomic mass is 16.4. The molecule has 0 aromatic rings. The quantitative estimate of drug-likeness (QED) is 0.222. The number of carboxylic acid groups (broad SMARTS) is 1. The molecule has 0 saturated heterocycles. The lowest BCUT2D eigenvalue weighted by Crippen LogP contribution is -2.58. The lowest BCUT2D eigenvalue weighted by Gasteiger charge is -2.27. The fourth-order valence-electron chi connectivity index (χ4n) is 2.28. The summed E-state index contributed by atoms with van der Waals surface area (Å²) in [7, 11) is 0. The van der Waals surface area contributed by atoms with Gasteiger partial charge in [-0.05, 0) is 25.2 Å². The van der Waals surface area contributed by atoms with Crippen LogP contribution in [0.15, 0.2) is 0 Å². The van der Waals surface area contributed by atoms with Gasteiger partial charge in [0.1, 0.15) is 18.1 Å². The molecule has 8 N–H and O–H groups in total. The predicted octanol–water partition coefficient (Wildman–Crippen LogP) is -1.55. The minimum absolute atomic E-state index is 0.122. The Kier molecular flexibility index (Phi) is 10.9. The summed E-state index contributed by atoms with van der Waals surface area (Å²) in [6.07, 6.45) is -0.319. The number of hydrogen-bond donors (Lipinski definition) is 6. The van der Waals surface area contributed by atoms with Crippen molar-refractivity contribution in [1.29, 1.82) is 0 Å². The Hall–Kier alpha value is -2.69. The number of nitrogens with two attached hydrogens (primary N) is 2. The van der Waals surface area contributed by atoms with Gasteiger partial charge in [-0.1, -0.05) is 27.7 Å². The first-order valence-corrected chi connectivity index (χ1v) is 9.45. The van der Waals surface area contributed by atoms with Crippen LogP contribution in [0.1, 0.15) is 47.5 Å². The number of carboxylic acids is 1. The minimum Gasteiger partial charge on any atom is -0.480 e. The largest absolute Gasteiger partial charge is 0.480 e. The summed E-state index contributed by atoms with van der Waals surface area (Å²) in [5, 5.41) is 16.2. The van der Waals surface area contributed by atoms with E-state index in [1.54, 1.807) is 27.7 Å². The summed E-state index contributed by atoms with van der Waals surface area (Å²) in [6.45, 7) is 8.20. The van der Waals surface area contributed by atoms with Crippen molar-refractivity contribution in [1.82, 2.24) is 16.0 Å². The molecular formula is C18H33N5O6. The summed E-state index contributed by atoms with van der Waals surface area (Å²) in [6, 6.07) is -4.18. The van der Waals surface area contributed by atoms with Gasteiger partial charge in [0.05, 0.1) is 6.04 Å². The highest BCUT2D eigenvalue weighted by Gasteiger charge is 2.31. The second-order valence-electron chi connectivity index (χ2n) is 7.63. The highest BCUT2D eigenvalue weighted by molar-refractivity contribution is 5.94. The molecule has 11 nitrogen and oxygen atoms in total. The third kappa shape index (κ3) is 9.37. The van der Waals surface area contributed by atoms with E-state index in [9.17, 15) is 24.0 Å². The smallest absolute Gasteiger partial charge is 0.325 e. The number of hydrogen-bond acceptors (Lipinski definition) is 6. The van der Waals surface area contributed by atoms with E-state index in [-0.39, 0.29) is 24.7 Å². The van der Waals surface area contributed by atoms with Gasteiger partial charge < -0.3 is 32.5 Å². The maximum absolute atomic E-state index is 12.7. The van der Waals surface area contributed by atoms with Gasteiger partial charge in [-0.15, -0.1) is 0 Å². The molecule has 0 aliphatic rings. The summed E-state index contributed by atoms with van der Waals surface area (Å²) < 4.78 is 0. The molecular weight excluding hydrogens is 382 g/mol. The third-order valence-electron chi connectivity index (χ3n) is 4.31. The lowest BCUT2D eigenvalue weighted by atomic mass is 9.99. The van der Waals surface area contributed by atoms with Gasteiger partial charge in [0.25, 0.3) is 0 Å². The minimum atomic E-state index is -1.26. The fourth-order valence-corrected chi connectivity index (χ4v) is 2.28. The van der Waals surface area contributed by atoms with Crippen LogP contribution >= 0.6 is 0 Å². The van der Waals surface area contributed by atoms with Crippen LogP contribution in [0.5, 0.6) is 0 Å². The molecule has 0 saturated carbocycles. The molecule has 0 unspecified atom stereocenters. The van der Waals surface area contributed by atoms with Crippen molar-refractivity contribution in [2.75, 3.05) is 0 Å². The van der Waals surface area contributed by atoms with E-state index in [2.05, 4.69) is 16.0 Å². The number of amides is 4. The molecule has 29 heavy (non-hydrogen) atoms. The van der Waals surface area contributed by atoms with Crippen LogP contribution < -0.4 is 27.4 Å². The zero-order chi connectivity index (χ0) is 22.9. The van der Waals surface area contributed by atoms with E-state index in [1.807, 2.05) is 0 Å². The van der Waals surface area contributed by atoms with Crippen molar-refractivity contribution in [2.24, 2.45) is 23.3 Å². The summed E-state index contributed by atoms with van der Waals surface area (Å²) >= 11 is 0. The first-order chi connectivity index (χ1) is 13.3. The normalized spacial score (nSPS) is 15.2. The lowest BCUT2D eigenvalue weighted by molar-refractivity contribution is -0.142. The van der Waals surface area contributed by atoms with Crippen molar-refractivity contribution in [3.8, 4) is 0 Å². The van der Waals surface area contributed by atoms with Crippen LogP contribution in [0.2, 0.25) is 0 Å². The van der Waals surface area contributed by atoms with Crippen LogP contribution in [-0.4, -0.2) is 58.9 Å². The number of nitrogens with one attached hydrogen (secondary N) is 3. The van der Waals surface area contributed by atoms with E-state index < -0.39 is 53.8 Å². The number of rotatable bonds is 12. The van der Waals surface area contributed by atoms with Gasteiger partial charge in [-0.2, -0.15) is 0 Å². The van der Waals surface area contributed by atoms with Gasteiger partial charge in [0.2, 0.25) is 23.6 Å². The van der Waals surface area contributed by atoms with E-state index in [0.717, 1.165) is 0 Å². The molecule has 4 amide bonds. The number of carbonyl (C=O) groups is 5. The Morgan fingerprint density at radius 1 is 0.828 bits per heavy atom. The molecule has 0 rings (SSSR count). The average Bonchev–Trinajstić information content (AvgIpc) is 2.60. The van der Waals surface area contributed by atoms with Gasteiger partial charge in [-0.3, -0.25) is 24.0 Å². The van der Waals surface area contributed by atoms with E-state index in [0.29, 0.717) is 0 Å². The Morgan fingerprint density at radius 2 is 1.38 bits per heavy atom. The molecule has 11 heteroatoms. The number of aliphatic carboxylic acids is 1. The Morgan fingerprint density at radius 3 is 1.79 bits per heavy atom. The predicted molar refractivity (Wildman–Crippen MR) is 105 cm³/mol. The van der Waals surface area contributed by atoms with Crippen LogP contribution in [0.4, 0.5) is 0 Å². The molecule has 166 valence electrons. The van der Waals surface area contributed by atoms with E-state index >= 15 is 0 Å². The van der Waals surface area contributed by atoms with Crippen molar-refractivity contribution >= 4 is 29.6 Å². The molecule has 0 aliphatic carbocycles. The van der Waals surface area contributed by atoms with Gasteiger partial charge >= 0.3 is 5.97 Å². The molecule has 0 aliphatic heterocycles. The summed E-state index contributed by atoms with van der Waals surface area (Å²) in [4.78, 5) is 59.3. The van der Waals surface area contributed by atoms with Crippen LogP contribution in [0.25, 0.3) is 0 Å². The third-order valence-corrected chi connectivity index (χ3v) is 4.31. The maximum Gasteiger partial charge on any atom is 0.325 e. The molecule has 0 aromatic carbocycles. The zero-order valence-electron chi connectivity index (χ0n) is 17.5. The Bertz CT molecular complexity index is 622. The molecule has 0 spiro atoms. The molecule has 4 atom stereocenters. The Labute approximate surface area is 170 Å². The molecule has 0 radical (unpaired) electrons. The average molecular weight is 415 g/mol. The second kappa shape index (κ2) is 12.0. The summed E-state index contributed by atoms with van der Waals surface area (Å²) in [5.41, 5.74) is 10.9. The number of primary amides is 1. The number of carbonyl (C=O) groups excluding carboxylic acids is 4. The molecule has 0 heterocycles. The zero-order valence-corrected chi connectivity index (χ0v) is 17.5. The van der Waals surface area contributed by atoms with Crippen molar-refractivity contribution < 1.29 is 29.1 Å². The van der Waals surface area contributed by atoms with Crippen LogP contribution in [-0.2, 0) is 24.0 Å². The van der Waals surface area contributed by atoms with Crippen molar-refractivity contribution in [3.05, 3.63) is 0 Å². The fraction of sp³-hybridized carbons (Fsp3) is 0.722. The van der Waals surface area contributed by atoms with Crippen LogP contribution in [0.3, 0.4) is 0 Å². The first kappa shape index (κ1) is 26.3. The van der Waals surface area contributed by atoms with Crippen molar-refractivity contribution in [3.63, 3.8) is 0 Å². The van der Waals surface area contributed by atoms with Crippen molar-refractivity contribution in [2.45, 2.75) is 71.6 Å². The molecule has 0 bridgehead atoms.